The normalized spacial score (nSPS) is 10.7. The van der Waals surface area contributed by atoms with Crippen LogP contribution in [0, 0.1) is 0 Å². The third-order valence-electron chi connectivity index (χ3n) is 5.13. The first kappa shape index (κ1) is 24.2. The molecule has 0 aliphatic rings. The van der Waals surface area contributed by atoms with E-state index >= 15 is 0 Å². The molecule has 0 unspecified atom stereocenters. The van der Waals surface area contributed by atoms with E-state index in [1.54, 1.807) is 30.3 Å². The van der Waals surface area contributed by atoms with Gasteiger partial charge in [0.15, 0.2) is 6.61 Å². The minimum absolute atomic E-state index is 0.0717. The van der Waals surface area contributed by atoms with E-state index in [0.717, 1.165) is 18.2 Å². The minimum atomic E-state index is -0.579. The fourth-order valence-corrected chi connectivity index (χ4v) is 3.49. The lowest BCUT2D eigenvalue weighted by atomic mass is 10.0. The maximum atomic E-state index is 13.0. The highest BCUT2D eigenvalue weighted by atomic mass is 16.6. The second-order valence-electron chi connectivity index (χ2n) is 7.75. The van der Waals surface area contributed by atoms with Crippen LogP contribution in [0.2, 0.25) is 0 Å². The predicted octanol–water partition coefficient (Wildman–Crippen LogP) is 4.52. The van der Waals surface area contributed by atoms with Crippen LogP contribution >= 0.6 is 0 Å². The van der Waals surface area contributed by atoms with Gasteiger partial charge in [-0.1, -0.05) is 44.4 Å². The predicted molar refractivity (Wildman–Crippen MR) is 128 cm³/mol. The number of anilines is 1. The van der Waals surface area contributed by atoms with Gasteiger partial charge in [-0.2, -0.15) is 0 Å². The summed E-state index contributed by atoms with van der Waals surface area (Å²) >= 11 is 0. The third-order valence-corrected chi connectivity index (χ3v) is 5.13. The summed E-state index contributed by atoms with van der Waals surface area (Å²) in [5, 5.41) is 12.5. The largest absolute Gasteiger partial charge is 0.482 e. The van der Waals surface area contributed by atoms with Crippen LogP contribution in [0.4, 0.5) is 5.69 Å². The lowest BCUT2D eigenvalue weighted by molar-refractivity contribution is -0.146. The maximum absolute atomic E-state index is 13.0. The van der Waals surface area contributed by atoms with Crippen molar-refractivity contribution in [3.63, 3.8) is 0 Å². The van der Waals surface area contributed by atoms with Crippen molar-refractivity contribution in [1.29, 1.82) is 0 Å². The third kappa shape index (κ3) is 7.29. The molecule has 33 heavy (non-hydrogen) atoms. The summed E-state index contributed by atoms with van der Waals surface area (Å²) in [6, 6.07) is 14.5. The SMILES string of the molecule is CCCCCCc1cnc2c(C(=O)Nc3cccc(OCC(=O)OCCO)c3)cccc2c1. The highest BCUT2D eigenvalue weighted by Crippen LogP contribution is 2.22. The molecule has 0 saturated heterocycles. The summed E-state index contributed by atoms with van der Waals surface area (Å²) in [5.74, 6) is -0.439. The molecule has 174 valence electrons. The molecule has 1 amide bonds. The van der Waals surface area contributed by atoms with Crippen LogP contribution in [0.15, 0.2) is 54.7 Å². The number of rotatable bonds is 12. The number of unbranched alkanes of at least 4 members (excludes halogenated alkanes) is 3. The van der Waals surface area contributed by atoms with Gasteiger partial charge >= 0.3 is 5.97 Å². The Morgan fingerprint density at radius 3 is 2.73 bits per heavy atom. The van der Waals surface area contributed by atoms with Gasteiger partial charge in [-0.15, -0.1) is 0 Å². The summed E-state index contributed by atoms with van der Waals surface area (Å²) in [7, 11) is 0. The summed E-state index contributed by atoms with van der Waals surface area (Å²) in [6.45, 7) is 1.60. The first-order valence-corrected chi connectivity index (χ1v) is 11.3. The Morgan fingerprint density at radius 1 is 1.06 bits per heavy atom. The summed E-state index contributed by atoms with van der Waals surface area (Å²) < 4.78 is 10.2. The van der Waals surface area contributed by atoms with Crippen LogP contribution in [-0.2, 0) is 16.0 Å². The zero-order valence-electron chi connectivity index (χ0n) is 18.9. The van der Waals surface area contributed by atoms with Crippen molar-refractivity contribution in [3.05, 3.63) is 65.9 Å². The number of para-hydroxylation sites is 1. The Labute approximate surface area is 193 Å². The minimum Gasteiger partial charge on any atom is -0.482 e. The second-order valence-corrected chi connectivity index (χ2v) is 7.75. The average molecular weight is 451 g/mol. The summed E-state index contributed by atoms with van der Waals surface area (Å²) in [4.78, 5) is 29.1. The molecule has 0 spiro atoms. The number of nitrogens with one attached hydrogen (secondary N) is 1. The van der Waals surface area contributed by atoms with Gasteiger partial charge in [-0.25, -0.2) is 4.79 Å². The fourth-order valence-electron chi connectivity index (χ4n) is 3.49. The van der Waals surface area contributed by atoms with E-state index in [4.69, 9.17) is 14.6 Å². The number of aliphatic hydroxyl groups is 1. The molecular weight excluding hydrogens is 420 g/mol. The molecular formula is C26H30N2O5. The molecule has 1 heterocycles. The number of aromatic nitrogens is 1. The lowest BCUT2D eigenvalue weighted by Crippen LogP contribution is -2.17. The number of carbonyl (C=O) groups excluding carboxylic acids is 2. The molecule has 3 aromatic rings. The van der Waals surface area contributed by atoms with E-state index in [-0.39, 0.29) is 25.7 Å². The quantitative estimate of drug-likeness (QED) is 0.311. The summed E-state index contributed by atoms with van der Waals surface area (Å²) in [5.41, 5.74) is 2.86. The number of hydrogen-bond donors (Lipinski definition) is 2. The molecule has 3 rings (SSSR count). The van der Waals surface area contributed by atoms with Crippen LogP contribution < -0.4 is 10.1 Å². The van der Waals surface area contributed by atoms with Gasteiger partial charge in [0.25, 0.3) is 5.91 Å². The lowest BCUT2D eigenvalue weighted by Gasteiger charge is -2.11. The van der Waals surface area contributed by atoms with Crippen LogP contribution in [-0.4, -0.2) is 41.8 Å². The van der Waals surface area contributed by atoms with Crippen LogP contribution in [0.3, 0.4) is 0 Å². The topological polar surface area (TPSA) is 97.8 Å². The average Bonchev–Trinajstić information content (AvgIpc) is 2.83. The highest BCUT2D eigenvalue weighted by molar-refractivity contribution is 6.11. The number of esters is 1. The van der Waals surface area contributed by atoms with E-state index in [1.807, 2.05) is 18.3 Å². The van der Waals surface area contributed by atoms with Gasteiger partial charge in [0.1, 0.15) is 12.4 Å². The number of hydrogen-bond acceptors (Lipinski definition) is 6. The van der Waals surface area contributed by atoms with Crippen LogP contribution in [0.25, 0.3) is 10.9 Å². The van der Waals surface area contributed by atoms with Crippen molar-refractivity contribution in [1.82, 2.24) is 4.98 Å². The molecule has 2 N–H and O–H groups in total. The molecule has 0 bridgehead atoms. The summed E-state index contributed by atoms with van der Waals surface area (Å²) in [6.07, 6.45) is 7.64. The smallest absolute Gasteiger partial charge is 0.344 e. The number of nitrogens with zero attached hydrogens (tertiary/aromatic N) is 1. The first-order valence-electron chi connectivity index (χ1n) is 11.3. The van der Waals surface area contributed by atoms with Gasteiger partial charge in [0.2, 0.25) is 0 Å². The monoisotopic (exact) mass is 450 g/mol. The standard InChI is InChI=1S/C26H30N2O5/c1-2-3-4-5-8-19-15-20-9-6-12-23(25(20)27-17-19)26(31)28-21-10-7-11-22(16-21)33-18-24(30)32-14-13-29/h6-7,9-12,15-17,29H,2-5,8,13-14,18H2,1H3,(H,28,31). The Morgan fingerprint density at radius 2 is 1.91 bits per heavy atom. The van der Waals surface area contributed by atoms with Crippen molar-refractivity contribution in [2.45, 2.75) is 39.0 Å². The van der Waals surface area contributed by atoms with E-state index < -0.39 is 5.97 Å². The number of fused-ring (bicyclic) bond motifs is 1. The Kier molecular flexibility index (Phi) is 9.20. The second kappa shape index (κ2) is 12.6. The van der Waals surface area contributed by atoms with Gasteiger partial charge in [0.05, 0.1) is 17.7 Å². The van der Waals surface area contributed by atoms with Gasteiger partial charge in [-0.3, -0.25) is 9.78 Å². The van der Waals surface area contributed by atoms with Gasteiger partial charge < -0.3 is 19.9 Å². The van der Waals surface area contributed by atoms with Crippen LogP contribution in [0.1, 0.15) is 48.5 Å². The fraction of sp³-hybridized carbons (Fsp3) is 0.346. The molecule has 0 radical (unpaired) electrons. The Balaban J connectivity index is 1.66. The van der Waals surface area contributed by atoms with Crippen molar-refractivity contribution in [3.8, 4) is 5.75 Å². The zero-order chi connectivity index (χ0) is 23.5. The van der Waals surface area contributed by atoms with E-state index in [9.17, 15) is 9.59 Å². The van der Waals surface area contributed by atoms with Crippen molar-refractivity contribution in [2.75, 3.05) is 25.1 Å². The molecule has 0 fully saturated rings. The molecule has 0 aliphatic heterocycles. The maximum Gasteiger partial charge on any atom is 0.344 e. The number of aliphatic hydroxyl groups excluding tert-OH is 1. The van der Waals surface area contributed by atoms with E-state index in [2.05, 4.69) is 23.3 Å². The van der Waals surface area contributed by atoms with Crippen molar-refractivity contribution < 1.29 is 24.2 Å². The van der Waals surface area contributed by atoms with E-state index in [1.165, 1.54) is 24.8 Å². The van der Waals surface area contributed by atoms with E-state index in [0.29, 0.717) is 22.5 Å². The molecule has 7 heteroatoms. The number of benzene rings is 2. The number of aryl methyl sites for hydroxylation is 1. The highest BCUT2D eigenvalue weighted by Gasteiger charge is 2.13. The molecule has 2 aromatic carbocycles. The number of amides is 1. The first-order chi connectivity index (χ1) is 16.1. The van der Waals surface area contributed by atoms with Crippen molar-refractivity contribution in [2.24, 2.45) is 0 Å². The molecule has 0 atom stereocenters. The number of ether oxygens (including phenoxy) is 2. The molecule has 0 aliphatic carbocycles. The number of carbonyl (C=O) groups is 2. The zero-order valence-corrected chi connectivity index (χ0v) is 18.9. The number of pyridine rings is 1. The van der Waals surface area contributed by atoms with Gasteiger partial charge in [0, 0.05) is 23.3 Å². The van der Waals surface area contributed by atoms with Gasteiger partial charge in [-0.05, 0) is 42.7 Å². The Hall–Kier alpha value is -3.45. The molecule has 7 nitrogen and oxygen atoms in total. The molecule has 0 saturated carbocycles. The Bertz CT molecular complexity index is 1080. The van der Waals surface area contributed by atoms with Crippen LogP contribution in [0.5, 0.6) is 5.75 Å². The molecule has 1 aromatic heterocycles. The van der Waals surface area contributed by atoms with Crippen molar-refractivity contribution >= 4 is 28.5 Å².